The van der Waals surface area contributed by atoms with Crippen LogP contribution >= 0.6 is 0 Å². The molecule has 134 valence electrons. The zero-order valence-electron chi connectivity index (χ0n) is 13.7. The summed E-state index contributed by atoms with van der Waals surface area (Å²) in [6.45, 7) is 0.222. The third kappa shape index (κ3) is 4.09. The van der Waals surface area contributed by atoms with E-state index in [0.29, 0.717) is 35.0 Å². The van der Waals surface area contributed by atoms with Gasteiger partial charge in [-0.15, -0.1) is 0 Å². The fourth-order valence-electron chi connectivity index (χ4n) is 2.66. The Bertz CT molecular complexity index is 1030. The molecule has 0 spiro atoms. The largest absolute Gasteiger partial charge is 0.288 e. The Morgan fingerprint density at radius 3 is 2.62 bits per heavy atom. The van der Waals surface area contributed by atoms with Crippen molar-refractivity contribution in [2.24, 2.45) is 0 Å². The van der Waals surface area contributed by atoms with Crippen LogP contribution in [0.3, 0.4) is 0 Å². The maximum atomic E-state index is 14.7. The standard InChI is InChI=1S/C18H16FN3O3S/c19-17-12(4-2-8-22-26(24)25)3-1-5-14(17)18(23)13-6-7-15-16(11-13)21-10-9-20-15/h1,3,5-7,9-11,26H,2,4,8H2,(H,22,24,25). The van der Waals surface area contributed by atoms with Gasteiger partial charge in [-0.2, -0.15) is 0 Å². The van der Waals surface area contributed by atoms with Gasteiger partial charge in [0.1, 0.15) is 5.82 Å². The molecule has 0 amide bonds. The topological polar surface area (TPSA) is 89.0 Å². The second kappa shape index (κ2) is 8.11. The molecule has 0 radical (unpaired) electrons. The zero-order valence-corrected chi connectivity index (χ0v) is 14.6. The number of benzene rings is 2. The Labute approximate surface area is 151 Å². The van der Waals surface area contributed by atoms with E-state index in [1.54, 1.807) is 36.5 Å². The second-order valence-electron chi connectivity index (χ2n) is 5.64. The number of nitrogens with zero attached hydrogens (tertiary/aromatic N) is 2. The molecule has 8 heteroatoms. The number of aromatic nitrogens is 2. The van der Waals surface area contributed by atoms with Crippen molar-refractivity contribution < 1.29 is 17.6 Å². The number of halogens is 1. The lowest BCUT2D eigenvalue weighted by Gasteiger charge is -2.08. The van der Waals surface area contributed by atoms with Crippen molar-refractivity contribution in [3.05, 3.63) is 71.3 Å². The molecule has 26 heavy (non-hydrogen) atoms. The number of hydrogen-bond acceptors (Lipinski definition) is 5. The highest BCUT2D eigenvalue weighted by atomic mass is 32.2. The quantitative estimate of drug-likeness (QED) is 0.376. The van der Waals surface area contributed by atoms with E-state index < -0.39 is 22.5 Å². The Hall–Kier alpha value is -2.71. The molecule has 0 unspecified atom stereocenters. The molecule has 3 aromatic rings. The number of fused-ring (bicyclic) bond motifs is 1. The highest BCUT2D eigenvalue weighted by molar-refractivity contribution is 7.70. The van der Waals surface area contributed by atoms with Gasteiger partial charge in [0.05, 0.1) is 16.6 Å². The molecule has 6 nitrogen and oxygen atoms in total. The average molecular weight is 373 g/mol. The fourth-order valence-corrected chi connectivity index (χ4v) is 3.00. The van der Waals surface area contributed by atoms with Crippen molar-refractivity contribution in [1.82, 2.24) is 14.7 Å². The first-order valence-corrected chi connectivity index (χ1v) is 9.15. The van der Waals surface area contributed by atoms with Crippen LogP contribution in [0.5, 0.6) is 0 Å². The van der Waals surface area contributed by atoms with Crippen LogP contribution in [0.2, 0.25) is 0 Å². The van der Waals surface area contributed by atoms with E-state index in [1.165, 1.54) is 12.3 Å². The first-order chi connectivity index (χ1) is 12.6. The third-order valence-corrected chi connectivity index (χ3v) is 4.40. The van der Waals surface area contributed by atoms with E-state index in [-0.39, 0.29) is 12.1 Å². The van der Waals surface area contributed by atoms with Gasteiger partial charge in [-0.1, -0.05) is 12.1 Å². The molecule has 0 saturated heterocycles. The predicted octanol–water partition coefficient (Wildman–Crippen LogP) is 2.05. The van der Waals surface area contributed by atoms with Gasteiger partial charge >= 0.3 is 0 Å². The summed E-state index contributed by atoms with van der Waals surface area (Å²) >= 11 is 0. The van der Waals surface area contributed by atoms with Gasteiger partial charge in [0.25, 0.3) is 0 Å². The fraction of sp³-hybridized carbons (Fsp3) is 0.167. The molecular formula is C18H16FN3O3S. The highest BCUT2D eigenvalue weighted by Gasteiger charge is 2.17. The van der Waals surface area contributed by atoms with Crippen LogP contribution in [0.4, 0.5) is 4.39 Å². The normalized spacial score (nSPS) is 11.2. The molecule has 3 rings (SSSR count). The van der Waals surface area contributed by atoms with E-state index in [1.807, 2.05) is 0 Å². The summed E-state index contributed by atoms with van der Waals surface area (Å²) < 4.78 is 37.9. The summed E-state index contributed by atoms with van der Waals surface area (Å²) in [5.74, 6) is -1.01. The molecule has 1 N–H and O–H groups in total. The zero-order chi connectivity index (χ0) is 18.5. The number of thiol groups is 1. The van der Waals surface area contributed by atoms with Crippen molar-refractivity contribution >= 4 is 27.7 Å². The van der Waals surface area contributed by atoms with E-state index in [0.717, 1.165) is 0 Å². The molecule has 0 saturated carbocycles. The SMILES string of the molecule is O=C(c1ccc2nccnc2c1)c1cccc(CCCN[SH](=O)=O)c1F. The number of hydrogen-bond donors (Lipinski definition) is 2. The van der Waals surface area contributed by atoms with Gasteiger partial charge in [0.15, 0.2) is 5.78 Å². The summed E-state index contributed by atoms with van der Waals surface area (Å²) in [7, 11) is -2.66. The number of aryl methyl sites for hydroxylation is 1. The minimum Gasteiger partial charge on any atom is -0.288 e. The third-order valence-electron chi connectivity index (χ3n) is 3.92. The van der Waals surface area contributed by atoms with Gasteiger partial charge in [0, 0.05) is 24.5 Å². The van der Waals surface area contributed by atoms with Crippen LogP contribution in [0, 0.1) is 5.82 Å². The number of carbonyl (C=O) groups excluding carboxylic acids is 1. The first kappa shape index (κ1) is 18.1. The Balaban J connectivity index is 1.83. The lowest BCUT2D eigenvalue weighted by Crippen LogP contribution is -2.14. The molecule has 0 fully saturated rings. The average Bonchev–Trinajstić information content (AvgIpc) is 2.65. The molecule has 0 atom stereocenters. The second-order valence-corrected chi connectivity index (χ2v) is 6.47. The number of nitrogens with one attached hydrogen (secondary N) is 1. The molecule has 0 aliphatic heterocycles. The minimum absolute atomic E-state index is 0.0198. The van der Waals surface area contributed by atoms with E-state index >= 15 is 0 Å². The van der Waals surface area contributed by atoms with Crippen molar-refractivity contribution in [2.45, 2.75) is 12.8 Å². The van der Waals surface area contributed by atoms with Crippen LogP contribution in [0.1, 0.15) is 27.9 Å². The van der Waals surface area contributed by atoms with Crippen LogP contribution in [0.25, 0.3) is 11.0 Å². The summed E-state index contributed by atoms with van der Waals surface area (Å²) in [6.07, 6.45) is 3.85. The monoisotopic (exact) mass is 373 g/mol. The Kier molecular flexibility index (Phi) is 5.65. The van der Waals surface area contributed by atoms with Crippen molar-refractivity contribution in [3.8, 4) is 0 Å². The predicted molar refractivity (Wildman–Crippen MR) is 96.0 cm³/mol. The lowest BCUT2D eigenvalue weighted by molar-refractivity contribution is 0.103. The summed E-state index contributed by atoms with van der Waals surface area (Å²) in [5, 5.41) is 0. The lowest BCUT2D eigenvalue weighted by atomic mass is 9.98. The molecule has 1 aromatic heterocycles. The van der Waals surface area contributed by atoms with Crippen LogP contribution in [0.15, 0.2) is 48.8 Å². The number of ketones is 1. The molecule has 0 aliphatic rings. The van der Waals surface area contributed by atoms with E-state index in [4.69, 9.17) is 0 Å². The molecular weight excluding hydrogens is 357 g/mol. The Morgan fingerprint density at radius 1 is 1.08 bits per heavy atom. The van der Waals surface area contributed by atoms with Gasteiger partial charge in [-0.3, -0.25) is 14.8 Å². The molecule has 2 aromatic carbocycles. The highest BCUT2D eigenvalue weighted by Crippen LogP contribution is 2.20. The van der Waals surface area contributed by atoms with Crippen molar-refractivity contribution in [1.29, 1.82) is 0 Å². The van der Waals surface area contributed by atoms with Crippen LogP contribution < -0.4 is 4.72 Å². The van der Waals surface area contributed by atoms with Crippen molar-refractivity contribution in [2.75, 3.05) is 6.54 Å². The number of rotatable bonds is 7. The maximum absolute atomic E-state index is 14.7. The summed E-state index contributed by atoms with van der Waals surface area (Å²) in [5.41, 5.74) is 1.90. The first-order valence-electron chi connectivity index (χ1n) is 7.97. The van der Waals surface area contributed by atoms with E-state index in [2.05, 4.69) is 14.7 Å². The Morgan fingerprint density at radius 2 is 1.85 bits per heavy atom. The van der Waals surface area contributed by atoms with Gasteiger partial charge in [0.2, 0.25) is 10.9 Å². The molecule has 0 bridgehead atoms. The van der Waals surface area contributed by atoms with Crippen LogP contribution in [-0.4, -0.2) is 30.7 Å². The maximum Gasteiger partial charge on any atom is 0.201 e. The summed E-state index contributed by atoms with van der Waals surface area (Å²) in [4.78, 5) is 21.0. The number of carbonyl (C=O) groups is 1. The van der Waals surface area contributed by atoms with Gasteiger partial charge < -0.3 is 0 Å². The van der Waals surface area contributed by atoms with Gasteiger partial charge in [-0.25, -0.2) is 17.5 Å². The minimum atomic E-state index is -2.66. The van der Waals surface area contributed by atoms with Gasteiger partial charge in [-0.05, 0) is 42.7 Å². The van der Waals surface area contributed by atoms with E-state index in [9.17, 15) is 17.6 Å². The smallest absolute Gasteiger partial charge is 0.201 e. The van der Waals surface area contributed by atoms with Crippen molar-refractivity contribution in [3.63, 3.8) is 0 Å². The summed E-state index contributed by atoms with van der Waals surface area (Å²) in [6, 6.07) is 9.51. The molecule has 1 heterocycles. The van der Waals surface area contributed by atoms with Crippen LogP contribution in [-0.2, 0) is 17.3 Å². The molecule has 0 aliphatic carbocycles.